The number of amides is 1. The number of carbonyl (C=O) groups excluding carboxylic acids is 1. The highest BCUT2D eigenvalue weighted by Crippen LogP contribution is 2.35. The first-order valence-corrected chi connectivity index (χ1v) is 7.10. The van der Waals surface area contributed by atoms with Gasteiger partial charge in [0.25, 0.3) is 5.91 Å². The summed E-state index contributed by atoms with van der Waals surface area (Å²) >= 11 is 0. The molecule has 0 bridgehead atoms. The predicted molar refractivity (Wildman–Crippen MR) is 82.3 cm³/mol. The predicted octanol–water partition coefficient (Wildman–Crippen LogP) is 1.69. The molecule has 1 saturated heterocycles. The van der Waals surface area contributed by atoms with Crippen LogP contribution in [0.4, 0.5) is 0 Å². The number of nitrogens with two attached hydrogens (primary N) is 1. The Morgan fingerprint density at radius 1 is 1.38 bits per heavy atom. The van der Waals surface area contributed by atoms with Gasteiger partial charge in [-0.15, -0.1) is 12.4 Å². The first kappa shape index (κ1) is 15.9. The third-order valence-electron chi connectivity index (χ3n) is 4.05. The highest BCUT2D eigenvalue weighted by Gasteiger charge is 2.34. The number of benzene rings is 1. The summed E-state index contributed by atoms with van der Waals surface area (Å²) in [4.78, 5) is 14.6. The standard InChI is InChI=1S/C15H20N2O3.ClH/c1-10-7-11(8-16)9-17(10)15(18)12-3-2-4-13-14(12)20-6-5-19-13;/h2-4,10-11H,5-9,16H2,1H3;1H. The van der Waals surface area contributed by atoms with Crippen molar-refractivity contribution >= 4 is 18.3 Å². The van der Waals surface area contributed by atoms with Gasteiger partial charge in [-0.1, -0.05) is 6.07 Å². The molecule has 2 aliphatic heterocycles. The van der Waals surface area contributed by atoms with Gasteiger partial charge < -0.3 is 20.1 Å². The molecule has 0 aliphatic carbocycles. The average Bonchev–Trinajstić information content (AvgIpc) is 2.87. The lowest BCUT2D eigenvalue weighted by atomic mass is 10.1. The normalized spacial score (nSPS) is 23.6. The zero-order valence-electron chi connectivity index (χ0n) is 12.1. The van der Waals surface area contributed by atoms with Crippen LogP contribution in [-0.2, 0) is 0 Å². The van der Waals surface area contributed by atoms with Gasteiger partial charge in [0.2, 0.25) is 0 Å². The third-order valence-corrected chi connectivity index (χ3v) is 4.05. The number of hydrogen-bond acceptors (Lipinski definition) is 4. The molecule has 1 fully saturated rings. The van der Waals surface area contributed by atoms with Crippen LogP contribution >= 0.6 is 12.4 Å². The molecule has 0 aromatic heterocycles. The van der Waals surface area contributed by atoms with Crippen molar-refractivity contribution in [1.82, 2.24) is 4.90 Å². The van der Waals surface area contributed by atoms with E-state index in [0.29, 0.717) is 42.7 Å². The SMILES string of the molecule is CC1CC(CN)CN1C(=O)c1cccc2c1OCCO2.Cl. The summed E-state index contributed by atoms with van der Waals surface area (Å²) in [6.45, 7) is 4.43. The van der Waals surface area contributed by atoms with Crippen molar-refractivity contribution < 1.29 is 14.3 Å². The van der Waals surface area contributed by atoms with Crippen LogP contribution in [0, 0.1) is 5.92 Å². The summed E-state index contributed by atoms with van der Waals surface area (Å²) in [5, 5.41) is 0. The highest BCUT2D eigenvalue weighted by atomic mass is 35.5. The minimum Gasteiger partial charge on any atom is -0.486 e. The maximum Gasteiger partial charge on any atom is 0.258 e. The number of rotatable bonds is 2. The highest BCUT2D eigenvalue weighted by molar-refractivity contribution is 5.98. The summed E-state index contributed by atoms with van der Waals surface area (Å²) in [6.07, 6.45) is 0.967. The van der Waals surface area contributed by atoms with E-state index < -0.39 is 0 Å². The number of fused-ring (bicyclic) bond motifs is 1. The minimum atomic E-state index is 0. The van der Waals surface area contributed by atoms with Crippen molar-refractivity contribution in [3.63, 3.8) is 0 Å². The van der Waals surface area contributed by atoms with Crippen molar-refractivity contribution in [2.75, 3.05) is 26.3 Å². The molecule has 6 heteroatoms. The molecule has 0 radical (unpaired) electrons. The molecule has 2 unspecified atom stereocenters. The van der Waals surface area contributed by atoms with Crippen LogP contribution in [-0.4, -0.2) is 43.2 Å². The molecule has 2 N–H and O–H groups in total. The van der Waals surface area contributed by atoms with Gasteiger partial charge >= 0.3 is 0 Å². The number of hydrogen-bond donors (Lipinski definition) is 1. The second kappa shape index (κ2) is 6.54. The maximum absolute atomic E-state index is 12.7. The molecule has 0 saturated carbocycles. The van der Waals surface area contributed by atoms with Crippen molar-refractivity contribution in [2.24, 2.45) is 11.7 Å². The molecule has 116 valence electrons. The molecule has 3 rings (SSSR count). The Kier molecular flexibility index (Phi) is 4.96. The van der Waals surface area contributed by atoms with Gasteiger partial charge in [0.05, 0.1) is 5.56 Å². The molecular formula is C15H21ClN2O3. The van der Waals surface area contributed by atoms with E-state index in [2.05, 4.69) is 6.92 Å². The van der Waals surface area contributed by atoms with E-state index in [4.69, 9.17) is 15.2 Å². The molecule has 2 heterocycles. The second-order valence-electron chi connectivity index (χ2n) is 5.47. The summed E-state index contributed by atoms with van der Waals surface area (Å²) in [6, 6.07) is 5.69. The van der Waals surface area contributed by atoms with E-state index in [1.807, 2.05) is 17.0 Å². The van der Waals surface area contributed by atoms with Crippen LogP contribution in [0.25, 0.3) is 0 Å². The lowest BCUT2D eigenvalue weighted by Crippen LogP contribution is -2.35. The Morgan fingerprint density at radius 3 is 2.86 bits per heavy atom. The van der Waals surface area contributed by atoms with Crippen molar-refractivity contribution in [3.05, 3.63) is 23.8 Å². The number of nitrogens with zero attached hydrogens (tertiary/aromatic N) is 1. The topological polar surface area (TPSA) is 64.8 Å². The molecule has 1 amide bonds. The largest absolute Gasteiger partial charge is 0.486 e. The van der Waals surface area contributed by atoms with E-state index in [1.54, 1.807) is 6.07 Å². The van der Waals surface area contributed by atoms with Gasteiger partial charge in [0.1, 0.15) is 13.2 Å². The number of ether oxygens (including phenoxy) is 2. The van der Waals surface area contributed by atoms with E-state index in [9.17, 15) is 4.79 Å². The Balaban J connectivity index is 0.00000161. The van der Waals surface area contributed by atoms with Gasteiger partial charge in [-0.3, -0.25) is 4.79 Å². The second-order valence-corrected chi connectivity index (χ2v) is 5.47. The van der Waals surface area contributed by atoms with Gasteiger partial charge in [0.15, 0.2) is 11.5 Å². The first-order valence-electron chi connectivity index (χ1n) is 7.10. The summed E-state index contributed by atoms with van der Waals surface area (Å²) in [5.41, 5.74) is 6.31. The number of likely N-dealkylation sites (tertiary alicyclic amines) is 1. The van der Waals surface area contributed by atoms with Gasteiger partial charge in [0, 0.05) is 12.6 Å². The fraction of sp³-hybridized carbons (Fsp3) is 0.533. The van der Waals surface area contributed by atoms with Crippen LogP contribution in [0.5, 0.6) is 11.5 Å². The van der Waals surface area contributed by atoms with Crippen molar-refractivity contribution in [1.29, 1.82) is 0 Å². The monoisotopic (exact) mass is 312 g/mol. The number of carbonyl (C=O) groups is 1. The molecule has 2 atom stereocenters. The minimum absolute atomic E-state index is 0. The van der Waals surface area contributed by atoms with Gasteiger partial charge in [-0.05, 0) is 37.9 Å². The Labute approximate surface area is 130 Å². The van der Waals surface area contributed by atoms with Crippen molar-refractivity contribution in [3.8, 4) is 11.5 Å². The van der Waals surface area contributed by atoms with Crippen LogP contribution in [0.15, 0.2) is 18.2 Å². The molecule has 1 aromatic rings. The summed E-state index contributed by atoms with van der Waals surface area (Å²) in [5.74, 6) is 1.64. The average molecular weight is 313 g/mol. The lowest BCUT2D eigenvalue weighted by molar-refractivity contribution is 0.0733. The zero-order valence-corrected chi connectivity index (χ0v) is 12.9. The quantitative estimate of drug-likeness (QED) is 0.902. The summed E-state index contributed by atoms with van der Waals surface area (Å²) < 4.78 is 11.2. The Bertz CT molecular complexity index is 524. The number of halogens is 1. The third kappa shape index (κ3) is 2.94. The molecular weight excluding hydrogens is 292 g/mol. The first-order chi connectivity index (χ1) is 9.70. The van der Waals surface area contributed by atoms with Crippen molar-refractivity contribution in [2.45, 2.75) is 19.4 Å². The fourth-order valence-electron chi connectivity index (χ4n) is 2.99. The molecule has 2 aliphatic rings. The van der Waals surface area contributed by atoms with Gasteiger partial charge in [-0.25, -0.2) is 0 Å². The van der Waals surface area contributed by atoms with E-state index in [0.717, 1.165) is 13.0 Å². The van der Waals surface area contributed by atoms with Crippen LogP contribution in [0.1, 0.15) is 23.7 Å². The van der Waals surface area contributed by atoms with E-state index >= 15 is 0 Å². The number of para-hydroxylation sites is 1. The zero-order chi connectivity index (χ0) is 14.1. The molecule has 0 spiro atoms. The van der Waals surface area contributed by atoms with E-state index in [-0.39, 0.29) is 24.4 Å². The summed E-state index contributed by atoms with van der Waals surface area (Å²) in [7, 11) is 0. The maximum atomic E-state index is 12.7. The lowest BCUT2D eigenvalue weighted by Gasteiger charge is -2.25. The Hall–Kier alpha value is -1.46. The molecule has 1 aromatic carbocycles. The molecule has 5 nitrogen and oxygen atoms in total. The van der Waals surface area contributed by atoms with Crippen LogP contribution in [0.2, 0.25) is 0 Å². The Morgan fingerprint density at radius 2 is 2.14 bits per heavy atom. The van der Waals surface area contributed by atoms with Crippen LogP contribution < -0.4 is 15.2 Å². The molecule has 21 heavy (non-hydrogen) atoms. The fourth-order valence-corrected chi connectivity index (χ4v) is 2.99. The van der Waals surface area contributed by atoms with E-state index in [1.165, 1.54) is 0 Å². The van der Waals surface area contributed by atoms with Gasteiger partial charge in [-0.2, -0.15) is 0 Å². The van der Waals surface area contributed by atoms with Crippen LogP contribution in [0.3, 0.4) is 0 Å². The smallest absolute Gasteiger partial charge is 0.258 e.